The van der Waals surface area contributed by atoms with Crippen LogP contribution >= 0.6 is 11.3 Å². The number of anilines is 1. The largest absolute Gasteiger partial charge is 0.368 e. The Morgan fingerprint density at radius 2 is 2.27 bits per heavy atom. The van der Waals surface area contributed by atoms with Crippen LogP contribution in [0, 0.1) is 0 Å². The van der Waals surface area contributed by atoms with Crippen LogP contribution in [-0.2, 0) is 11.8 Å². The lowest BCUT2D eigenvalue weighted by Crippen LogP contribution is -2.40. The highest BCUT2D eigenvalue weighted by Gasteiger charge is 2.33. The Labute approximate surface area is 154 Å². The number of hydrogen-bond acceptors (Lipinski definition) is 6. The molecule has 0 aliphatic carbocycles. The first-order valence-electron chi connectivity index (χ1n) is 8.24. The molecule has 8 nitrogen and oxygen atoms in total. The quantitative estimate of drug-likeness (QED) is 0.736. The number of amides is 2. The lowest BCUT2D eigenvalue weighted by atomic mass is 10.1. The first kappa shape index (κ1) is 16.7. The van der Waals surface area contributed by atoms with Crippen LogP contribution in [0.1, 0.15) is 18.3 Å². The highest BCUT2D eigenvalue weighted by Crippen LogP contribution is 2.28. The third-order valence-electron chi connectivity index (χ3n) is 4.15. The molecule has 0 saturated carbocycles. The molecule has 4 rings (SSSR count). The van der Waals surface area contributed by atoms with E-state index in [1.165, 1.54) is 11.3 Å². The molecule has 1 aliphatic rings. The number of carbonyl (C=O) groups excluding carboxylic acids is 1. The van der Waals surface area contributed by atoms with E-state index >= 15 is 0 Å². The zero-order valence-corrected chi connectivity index (χ0v) is 14.9. The number of thiazole rings is 1. The van der Waals surface area contributed by atoms with Crippen molar-refractivity contribution >= 4 is 23.2 Å². The molecule has 3 aromatic heterocycles. The monoisotopic (exact) mass is 370 g/mol. The molecule has 1 aliphatic heterocycles. The van der Waals surface area contributed by atoms with E-state index in [1.807, 2.05) is 36.0 Å². The van der Waals surface area contributed by atoms with Crippen LogP contribution in [0.25, 0.3) is 10.7 Å². The zero-order valence-electron chi connectivity index (χ0n) is 14.1. The summed E-state index contributed by atoms with van der Waals surface area (Å²) in [6.45, 7) is 0.586. The van der Waals surface area contributed by atoms with E-state index in [9.17, 15) is 4.79 Å². The zero-order chi connectivity index (χ0) is 17.9. The van der Waals surface area contributed by atoms with Gasteiger partial charge in [-0.25, -0.2) is 14.8 Å². The minimum Gasteiger partial charge on any atom is -0.368 e. The number of imidazole rings is 1. The Bertz CT molecular complexity index is 894. The van der Waals surface area contributed by atoms with Crippen LogP contribution in [0.5, 0.6) is 0 Å². The summed E-state index contributed by atoms with van der Waals surface area (Å²) in [7, 11) is 1.91. The fourth-order valence-corrected chi connectivity index (χ4v) is 3.63. The Balaban J connectivity index is 1.40. The summed E-state index contributed by atoms with van der Waals surface area (Å²) in [4.78, 5) is 25.4. The molecule has 26 heavy (non-hydrogen) atoms. The molecule has 0 aromatic carbocycles. The Morgan fingerprint density at radius 1 is 1.35 bits per heavy atom. The number of nitrogens with zero attached hydrogens (tertiary/aromatic N) is 4. The van der Waals surface area contributed by atoms with Crippen molar-refractivity contribution in [2.24, 2.45) is 7.05 Å². The molecule has 134 valence electrons. The van der Waals surface area contributed by atoms with E-state index in [2.05, 4.69) is 25.6 Å². The van der Waals surface area contributed by atoms with Gasteiger partial charge >= 0.3 is 6.03 Å². The third kappa shape index (κ3) is 3.44. The highest BCUT2D eigenvalue weighted by atomic mass is 32.1. The second-order valence-electron chi connectivity index (χ2n) is 5.93. The number of ether oxygens (including phenoxy) is 1. The van der Waals surface area contributed by atoms with Crippen LogP contribution in [0.4, 0.5) is 10.6 Å². The normalized spacial score (nSPS) is 19.4. The Morgan fingerprint density at radius 3 is 3.04 bits per heavy atom. The molecule has 2 N–H and O–H groups in total. The van der Waals surface area contributed by atoms with Crippen molar-refractivity contribution in [3.05, 3.63) is 48.0 Å². The molecule has 1 fully saturated rings. The number of carbonyl (C=O) groups is 1. The van der Waals surface area contributed by atoms with Crippen molar-refractivity contribution in [3.63, 3.8) is 0 Å². The van der Waals surface area contributed by atoms with Crippen molar-refractivity contribution in [3.8, 4) is 10.7 Å². The molecule has 9 heteroatoms. The van der Waals surface area contributed by atoms with Crippen LogP contribution < -0.4 is 10.6 Å². The van der Waals surface area contributed by atoms with E-state index in [-0.39, 0.29) is 18.2 Å². The summed E-state index contributed by atoms with van der Waals surface area (Å²) in [6.07, 6.45) is 5.79. The van der Waals surface area contributed by atoms with Crippen molar-refractivity contribution in [1.29, 1.82) is 0 Å². The molecular formula is C17H18N6O2S. The van der Waals surface area contributed by atoms with Crippen molar-refractivity contribution in [1.82, 2.24) is 24.8 Å². The molecule has 2 amide bonds. The standard InChI is InChI=1S/C17H18N6O2S/c1-23-8-7-19-15(23)14-11(5-9-25-14)20-17(24)22-13-10-26-16(21-13)12-4-2-3-6-18-12/h2-4,6-8,10-11,14H,5,9H2,1H3,(H2,20,22,24)/t11-,14-/m1/s1. The number of nitrogens with one attached hydrogen (secondary N) is 2. The molecule has 0 unspecified atom stereocenters. The Kier molecular flexibility index (Phi) is 4.63. The number of aromatic nitrogens is 4. The molecule has 3 aromatic rings. The van der Waals surface area contributed by atoms with E-state index in [1.54, 1.807) is 17.8 Å². The smallest absolute Gasteiger partial charge is 0.320 e. The SMILES string of the molecule is Cn1ccnc1[C@@H]1OCC[C@H]1NC(=O)Nc1csc(-c2ccccn2)n1. The molecule has 0 radical (unpaired) electrons. The minimum atomic E-state index is -0.308. The number of urea groups is 1. The third-order valence-corrected chi connectivity index (χ3v) is 5.02. The highest BCUT2D eigenvalue weighted by molar-refractivity contribution is 7.13. The number of pyridine rings is 1. The fraction of sp³-hybridized carbons (Fsp3) is 0.294. The molecular weight excluding hydrogens is 352 g/mol. The summed E-state index contributed by atoms with van der Waals surface area (Å²) in [5.74, 6) is 1.31. The predicted octanol–water partition coefficient (Wildman–Crippen LogP) is 2.59. The van der Waals surface area contributed by atoms with Gasteiger partial charge in [0, 0.05) is 37.6 Å². The maximum Gasteiger partial charge on any atom is 0.320 e. The van der Waals surface area contributed by atoms with E-state index in [4.69, 9.17) is 4.74 Å². The minimum absolute atomic E-state index is 0.134. The fourth-order valence-electron chi connectivity index (χ4n) is 2.90. The van der Waals surface area contributed by atoms with E-state index in [0.717, 1.165) is 22.9 Å². The number of rotatable bonds is 4. The summed E-state index contributed by atoms with van der Waals surface area (Å²) >= 11 is 1.43. The van der Waals surface area contributed by atoms with Gasteiger partial charge in [-0.1, -0.05) is 6.07 Å². The number of aryl methyl sites for hydroxylation is 1. The molecule has 2 atom stereocenters. The maximum absolute atomic E-state index is 12.4. The molecule has 0 bridgehead atoms. The maximum atomic E-state index is 12.4. The van der Waals surface area contributed by atoms with Crippen molar-refractivity contribution in [2.75, 3.05) is 11.9 Å². The second-order valence-corrected chi connectivity index (χ2v) is 6.79. The van der Waals surface area contributed by atoms with Crippen molar-refractivity contribution < 1.29 is 9.53 Å². The van der Waals surface area contributed by atoms with Gasteiger partial charge in [-0.3, -0.25) is 10.3 Å². The predicted molar refractivity (Wildman–Crippen MR) is 97.8 cm³/mol. The van der Waals surface area contributed by atoms with Gasteiger partial charge in [0.25, 0.3) is 0 Å². The van der Waals surface area contributed by atoms with Gasteiger partial charge in [0.1, 0.15) is 22.8 Å². The van der Waals surface area contributed by atoms with Gasteiger partial charge in [0.05, 0.1) is 11.7 Å². The van der Waals surface area contributed by atoms with Gasteiger partial charge in [-0.2, -0.15) is 0 Å². The summed E-state index contributed by atoms with van der Waals surface area (Å²) < 4.78 is 7.66. The summed E-state index contributed by atoms with van der Waals surface area (Å²) in [5.41, 5.74) is 0.782. The number of hydrogen-bond donors (Lipinski definition) is 2. The van der Waals surface area contributed by atoms with E-state index in [0.29, 0.717) is 12.4 Å². The van der Waals surface area contributed by atoms with Crippen LogP contribution in [-0.4, -0.2) is 38.2 Å². The average molecular weight is 370 g/mol. The van der Waals surface area contributed by atoms with Crippen LogP contribution in [0.3, 0.4) is 0 Å². The first-order chi connectivity index (χ1) is 12.7. The second kappa shape index (κ2) is 7.22. The van der Waals surface area contributed by atoms with Gasteiger partial charge in [-0.05, 0) is 18.6 Å². The first-order valence-corrected chi connectivity index (χ1v) is 9.12. The van der Waals surface area contributed by atoms with Crippen LogP contribution in [0.15, 0.2) is 42.2 Å². The van der Waals surface area contributed by atoms with Crippen molar-refractivity contribution in [2.45, 2.75) is 18.6 Å². The molecule has 4 heterocycles. The lowest BCUT2D eigenvalue weighted by molar-refractivity contribution is 0.0913. The van der Waals surface area contributed by atoms with Gasteiger partial charge in [0.2, 0.25) is 0 Å². The van der Waals surface area contributed by atoms with Gasteiger partial charge in [0.15, 0.2) is 0 Å². The van der Waals surface area contributed by atoms with Gasteiger partial charge < -0.3 is 14.6 Å². The van der Waals surface area contributed by atoms with Gasteiger partial charge in [-0.15, -0.1) is 11.3 Å². The molecule has 0 spiro atoms. The average Bonchev–Trinajstić information content (AvgIpc) is 3.37. The lowest BCUT2D eigenvalue weighted by Gasteiger charge is -2.19. The summed E-state index contributed by atoms with van der Waals surface area (Å²) in [6, 6.07) is 5.20. The van der Waals surface area contributed by atoms with E-state index < -0.39 is 0 Å². The topological polar surface area (TPSA) is 94.0 Å². The summed E-state index contributed by atoms with van der Waals surface area (Å²) in [5, 5.41) is 8.30. The van der Waals surface area contributed by atoms with Crippen LogP contribution in [0.2, 0.25) is 0 Å². The molecule has 1 saturated heterocycles. The Hall–Kier alpha value is -2.78.